The lowest BCUT2D eigenvalue weighted by Gasteiger charge is -2.35. The standard InChI is InChI=1S/C30H34N2O6/c1-31(2)14-13-21-16-25-26(38-19-37-25)17-22(21)18-30(34)23-10-11-24(35-3)28(36-4)27(23)29(33)32(30)15-12-20-8-6-5-7-9-20/h5-11,16-17,34H,12-15,18-19H2,1-4H3/t30-/m0/s1. The van der Waals surface area contributed by atoms with Gasteiger partial charge in [-0.1, -0.05) is 30.3 Å². The van der Waals surface area contributed by atoms with Crippen LogP contribution in [0.25, 0.3) is 0 Å². The van der Waals surface area contributed by atoms with Crippen LogP contribution in [0.5, 0.6) is 23.0 Å². The fourth-order valence-electron chi connectivity index (χ4n) is 5.32. The molecule has 2 heterocycles. The van der Waals surface area contributed by atoms with E-state index in [1.807, 2.05) is 56.6 Å². The van der Waals surface area contributed by atoms with Crippen LogP contribution in [-0.2, 0) is 25.0 Å². The molecule has 1 atom stereocenters. The lowest BCUT2D eigenvalue weighted by molar-refractivity contribution is -0.0832. The highest BCUT2D eigenvalue weighted by Gasteiger charge is 2.50. The molecule has 200 valence electrons. The third kappa shape index (κ3) is 4.66. The molecule has 0 fully saturated rings. The molecule has 3 aromatic rings. The van der Waals surface area contributed by atoms with Gasteiger partial charge < -0.3 is 33.9 Å². The third-order valence-electron chi connectivity index (χ3n) is 7.31. The zero-order valence-corrected chi connectivity index (χ0v) is 22.3. The molecule has 0 unspecified atom stereocenters. The predicted molar refractivity (Wildman–Crippen MR) is 143 cm³/mol. The van der Waals surface area contributed by atoms with Crippen molar-refractivity contribution in [3.8, 4) is 23.0 Å². The van der Waals surface area contributed by atoms with E-state index >= 15 is 0 Å². The van der Waals surface area contributed by atoms with Crippen molar-refractivity contribution < 1.29 is 28.8 Å². The van der Waals surface area contributed by atoms with Crippen LogP contribution in [-0.4, -0.2) is 69.0 Å². The molecular formula is C30H34N2O6. The van der Waals surface area contributed by atoms with E-state index in [1.165, 1.54) is 14.2 Å². The van der Waals surface area contributed by atoms with Gasteiger partial charge in [-0.05, 0) is 67.9 Å². The Labute approximate surface area is 223 Å². The summed E-state index contributed by atoms with van der Waals surface area (Å²) >= 11 is 0. The van der Waals surface area contributed by atoms with E-state index in [1.54, 1.807) is 17.0 Å². The monoisotopic (exact) mass is 518 g/mol. The number of carbonyl (C=O) groups is 1. The van der Waals surface area contributed by atoms with Gasteiger partial charge in [-0.2, -0.15) is 0 Å². The Bertz CT molecular complexity index is 1330. The Morgan fingerprint density at radius 1 is 0.974 bits per heavy atom. The van der Waals surface area contributed by atoms with Crippen LogP contribution in [0.15, 0.2) is 54.6 Å². The fourth-order valence-corrected chi connectivity index (χ4v) is 5.32. The maximum Gasteiger partial charge on any atom is 0.260 e. The fraction of sp³-hybridized carbons (Fsp3) is 0.367. The SMILES string of the molecule is COc1ccc2c(c1OC)C(=O)N(CCc1ccccc1)[C@]2(O)Cc1cc2c(cc1CCN(C)C)OCO2. The average molecular weight is 519 g/mol. The van der Waals surface area contributed by atoms with E-state index in [2.05, 4.69) is 4.90 Å². The molecule has 0 spiro atoms. The first-order valence-corrected chi connectivity index (χ1v) is 12.8. The van der Waals surface area contributed by atoms with Crippen molar-refractivity contribution in [3.05, 3.63) is 82.4 Å². The molecule has 2 aliphatic heterocycles. The van der Waals surface area contributed by atoms with Gasteiger partial charge in [-0.25, -0.2) is 0 Å². The molecule has 0 saturated heterocycles. The van der Waals surface area contributed by atoms with E-state index < -0.39 is 5.72 Å². The maximum atomic E-state index is 13.9. The van der Waals surface area contributed by atoms with Crippen molar-refractivity contribution >= 4 is 5.91 Å². The van der Waals surface area contributed by atoms with Crippen molar-refractivity contribution in [3.63, 3.8) is 0 Å². The summed E-state index contributed by atoms with van der Waals surface area (Å²) in [7, 11) is 7.09. The van der Waals surface area contributed by atoms with E-state index in [4.69, 9.17) is 18.9 Å². The van der Waals surface area contributed by atoms with Crippen LogP contribution in [0, 0.1) is 0 Å². The molecule has 0 saturated carbocycles. The van der Waals surface area contributed by atoms with Crippen LogP contribution < -0.4 is 18.9 Å². The second kappa shape index (κ2) is 10.6. The van der Waals surface area contributed by atoms with E-state index in [0.29, 0.717) is 47.1 Å². The molecule has 0 aromatic heterocycles. The lowest BCUT2D eigenvalue weighted by atomic mass is 9.90. The van der Waals surface area contributed by atoms with Gasteiger partial charge in [0, 0.05) is 25.1 Å². The first kappa shape index (κ1) is 25.9. The molecule has 8 nitrogen and oxygen atoms in total. The lowest BCUT2D eigenvalue weighted by Crippen LogP contribution is -2.46. The van der Waals surface area contributed by atoms with Gasteiger partial charge in [0.05, 0.1) is 19.8 Å². The van der Waals surface area contributed by atoms with E-state index in [0.717, 1.165) is 29.7 Å². The summed E-state index contributed by atoms with van der Waals surface area (Å²) in [6.45, 7) is 1.32. The molecule has 0 aliphatic carbocycles. The first-order valence-electron chi connectivity index (χ1n) is 12.8. The number of rotatable bonds is 10. The maximum absolute atomic E-state index is 13.9. The van der Waals surface area contributed by atoms with Crippen LogP contribution in [0.2, 0.25) is 0 Å². The number of amides is 1. The smallest absolute Gasteiger partial charge is 0.260 e. The highest BCUT2D eigenvalue weighted by Crippen LogP contribution is 2.48. The summed E-state index contributed by atoms with van der Waals surface area (Å²) in [5.41, 5.74) is 2.27. The molecular weight excluding hydrogens is 484 g/mol. The zero-order valence-electron chi connectivity index (χ0n) is 22.3. The molecule has 5 rings (SSSR count). The number of hydrogen-bond acceptors (Lipinski definition) is 7. The summed E-state index contributed by atoms with van der Waals surface area (Å²) in [5, 5.41) is 12.5. The van der Waals surface area contributed by atoms with Gasteiger partial charge in [0.2, 0.25) is 6.79 Å². The summed E-state index contributed by atoms with van der Waals surface area (Å²) < 4.78 is 22.4. The van der Waals surface area contributed by atoms with Crippen LogP contribution >= 0.6 is 0 Å². The highest BCUT2D eigenvalue weighted by atomic mass is 16.7. The number of methoxy groups -OCH3 is 2. The molecule has 1 N–H and O–H groups in total. The van der Waals surface area contributed by atoms with Gasteiger partial charge in [0.1, 0.15) is 0 Å². The van der Waals surface area contributed by atoms with Gasteiger partial charge in [-0.15, -0.1) is 0 Å². The van der Waals surface area contributed by atoms with Crippen LogP contribution in [0.1, 0.15) is 32.6 Å². The molecule has 0 bridgehead atoms. The zero-order chi connectivity index (χ0) is 26.9. The summed E-state index contributed by atoms with van der Waals surface area (Å²) in [5.74, 6) is 1.83. The van der Waals surface area contributed by atoms with Crippen LogP contribution in [0.4, 0.5) is 0 Å². The number of aliphatic hydroxyl groups is 1. The Morgan fingerprint density at radius 2 is 1.68 bits per heavy atom. The van der Waals surface area contributed by atoms with Gasteiger partial charge in [-0.3, -0.25) is 4.79 Å². The summed E-state index contributed by atoms with van der Waals surface area (Å²) in [4.78, 5) is 17.6. The molecule has 1 amide bonds. The summed E-state index contributed by atoms with van der Waals surface area (Å²) in [6, 6.07) is 17.4. The predicted octanol–water partition coefficient (Wildman–Crippen LogP) is 3.62. The third-order valence-corrected chi connectivity index (χ3v) is 7.31. The Hall–Kier alpha value is -3.75. The van der Waals surface area contributed by atoms with Crippen molar-refractivity contribution in [2.45, 2.75) is 25.0 Å². The number of likely N-dealkylation sites (N-methyl/N-ethyl adjacent to an activating group) is 1. The Morgan fingerprint density at radius 3 is 2.34 bits per heavy atom. The average Bonchev–Trinajstić information content (AvgIpc) is 3.45. The number of nitrogens with zero attached hydrogens (tertiary/aromatic N) is 2. The van der Waals surface area contributed by atoms with Gasteiger partial charge >= 0.3 is 0 Å². The largest absolute Gasteiger partial charge is 0.493 e. The first-order chi connectivity index (χ1) is 18.4. The van der Waals surface area contributed by atoms with Crippen molar-refractivity contribution in [1.29, 1.82) is 0 Å². The quantitative estimate of drug-likeness (QED) is 0.439. The Kier molecular flexibility index (Phi) is 7.19. The molecule has 2 aliphatic rings. The summed E-state index contributed by atoms with van der Waals surface area (Å²) in [6.07, 6.45) is 1.54. The number of ether oxygens (including phenoxy) is 4. The van der Waals surface area contributed by atoms with E-state index in [9.17, 15) is 9.90 Å². The number of hydrogen-bond donors (Lipinski definition) is 1. The van der Waals surface area contributed by atoms with Gasteiger partial charge in [0.15, 0.2) is 28.7 Å². The van der Waals surface area contributed by atoms with Crippen LogP contribution in [0.3, 0.4) is 0 Å². The normalized spacial score (nSPS) is 17.7. The number of benzene rings is 3. The highest BCUT2D eigenvalue weighted by molar-refractivity contribution is 6.03. The molecule has 0 radical (unpaired) electrons. The van der Waals surface area contributed by atoms with Gasteiger partial charge in [0.25, 0.3) is 5.91 Å². The van der Waals surface area contributed by atoms with Crippen molar-refractivity contribution in [2.24, 2.45) is 0 Å². The minimum atomic E-state index is -1.60. The van der Waals surface area contributed by atoms with Crippen molar-refractivity contribution in [2.75, 3.05) is 48.2 Å². The Balaban J connectivity index is 1.59. The van der Waals surface area contributed by atoms with E-state index in [-0.39, 0.29) is 19.1 Å². The second-order valence-electron chi connectivity index (χ2n) is 9.94. The number of fused-ring (bicyclic) bond motifs is 2. The topological polar surface area (TPSA) is 80.7 Å². The minimum absolute atomic E-state index is 0.164. The van der Waals surface area contributed by atoms with Crippen molar-refractivity contribution in [1.82, 2.24) is 9.80 Å². The molecule has 3 aromatic carbocycles. The molecule has 8 heteroatoms. The second-order valence-corrected chi connectivity index (χ2v) is 9.94. The number of carbonyl (C=O) groups excluding carboxylic acids is 1. The molecule has 38 heavy (non-hydrogen) atoms. The minimum Gasteiger partial charge on any atom is -0.493 e.